The van der Waals surface area contributed by atoms with Crippen LogP contribution in [0.15, 0.2) is 42.5 Å². The molecular weight excluding hydrogens is 358 g/mol. The van der Waals surface area contributed by atoms with Crippen LogP contribution in [0.5, 0.6) is 0 Å². The lowest BCUT2D eigenvalue weighted by molar-refractivity contribution is -0.114. The Morgan fingerprint density at radius 2 is 1.93 bits per heavy atom. The van der Waals surface area contributed by atoms with Crippen LogP contribution < -0.4 is 4.90 Å². The average molecular weight is 379 g/mol. The van der Waals surface area contributed by atoms with Gasteiger partial charge in [-0.2, -0.15) is 0 Å². The second-order valence-corrected chi connectivity index (χ2v) is 8.34. The number of carbonyl (C=O) groups excluding carboxylic acids is 2. The molecule has 0 spiro atoms. The number of benzene rings is 2. The number of thiazole rings is 1. The molecule has 6 heteroatoms. The van der Waals surface area contributed by atoms with E-state index >= 15 is 0 Å². The fourth-order valence-electron chi connectivity index (χ4n) is 3.33. The standard InChI is InChI=1S/C21H21N3O2S/c1-13(2)14-8-9-17-15(10-14)20(25)21(26)24(17)12-23(3)11-19-22-16-6-4-5-7-18(16)27-19/h4-10,13H,11-12H2,1-3H3. The summed E-state index contributed by atoms with van der Waals surface area (Å²) in [5.41, 5.74) is 3.27. The smallest absolute Gasteiger partial charge is 0.291 e. The SMILES string of the molecule is CC(C)c1ccc2c(c1)C(=O)C(=O)N2CN(C)Cc1nc2ccccc2s1. The first kappa shape index (κ1) is 17.8. The maximum Gasteiger partial charge on any atom is 0.300 e. The summed E-state index contributed by atoms with van der Waals surface area (Å²) in [4.78, 5) is 33.1. The van der Waals surface area contributed by atoms with Gasteiger partial charge in [-0.05, 0) is 42.8 Å². The van der Waals surface area contributed by atoms with Crippen molar-refractivity contribution in [2.24, 2.45) is 0 Å². The quantitative estimate of drug-likeness (QED) is 0.628. The lowest BCUT2D eigenvalue weighted by Crippen LogP contribution is -2.38. The zero-order chi connectivity index (χ0) is 19.1. The molecule has 0 fully saturated rings. The minimum Gasteiger partial charge on any atom is -0.291 e. The maximum absolute atomic E-state index is 12.5. The highest BCUT2D eigenvalue weighted by Crippen LogP contribution is 2.32. The summed E-state index contributed by atoms with van der Waals surface area (Å²) in [6.07, 6.45) is 0. The molecule has 0 saturated heterocycles. The Kier molecular flexibility index (Phi) is 4.53. The Labute approximate surface area is 162 Å². The number of fused-ring (bicyclic) bond motifs is 2. The molecule has 0 unspecified atom stereocenters. The van der Waals surface area contributed by atoms with Gasteiger partial charge in [0.25, 0.3) is 5.78 Å². The molecule has 5 nitrogen and oxygen atoms in total. The number of rotatable bonds is 5. The maximum atomic E-state index is 12.5. The number of amides is 1. The first-order chi connectivity index (χ1) is 12.9. The van der Waals surface area contributed by atoms with Crippen LogP contribution in [-0.2, 0) is 11.3 Å². The van der Waals surface area contributed by atoms with Gasteiger partial charge in [0.05, 0.1) is 34.7 Å². The van der Waals surface area contributed by atoms with Gasteiger partial charge in [-0.1, -0.05) is 32.0 Å². The number of ketones is 1. The average Bonchev–Trinajstić information content (AvgIpc) is 3.15. The van der Waals surface area contributed by atoms with E-state index in [1.807, 2.05) is 48.3 Å². The lowest BCUT2D eigenvalue weighted by atomic mass is 9.99. The van der Waals surface area contributed by atoms with Crippen molar-refractivity contribution in [3.8, 4) is 0 Å². The van der Waals surface area contributed by atoms with E-state index in [4.69, 9.17) is 0 Å². The molecule has 2 heterocycles. The lowest BCUT2D eigenvalue weighted by Gasteiger charge is -2.23. The predicted molar refractivity (Wildman–Crippen MR) is 108 cm³/mol. The molecule has 1 aromatic heterocycles. The van der Waals surface area contributed by atoms with Crippen LogP contribution in [0, 0.1) is 0 Å². The fraction of sp³-hybridized carbons (Fsp3) is 0.286. The van der Waals surface area contributed by atoms with Gasteiger partial charge in [0.1, 0.15) is 5.01 Å². The molecular formula is C21H21N3O2S. The van der Waals surface area contributed by atoms with Crippen molar-refractivity contribution in [2.45, 2.75) is 26.3 Å². The number of hydrogen-bond donors (Lipinski definition) is 0. The number of carbonyl (C=O) groups is 2. The number of Topliss-reactive ketones (excluding diaryl/α,β-unsaturated/α-hetero) is 1. The third-order valence-electron chi connectivity index (χ3n) is 4.79. The Morgan fingerprint density at radius 1 is 1.15 bits per heavy atom. The summed E-state index contributed by atoms with van der Waals surface area (Å²) in [6, 6.07) is 13.8. The number of nitrogens with zero attached hydrogens (tertiary/aromatic N) is 3. The number of para-hydroxylation sites is 1. The molecule has 27 heavy (non-hydrogen) atoms. The van der Waals surface area contributed by atoms with Gasteiger partial charge in [0.15, 0.2) is 0 Å². The Morgan fingerprint density at radius 3 is 2.67 bits per heavy atom. The zero-order valence-electron chi connectivity index (χ0n) is 15.6. The van der Waals surface area contributed by atoms with E-state index < -0.39 is 11.7 Å². The third-order valence-corrected chi connectivity index (χ3v) is 5.81. The fourth-order valence-corrected chi connectivity index (χ4v) is 4.38. The Bertz CT molecular complexity index is 1010. The summed E-state index contributed by atoms with van der Waals surface area (Å²) in [6.45, 7) is 5.13. The largest absolute Gasteiger partial charge is 0.300 e. The van der Waals surface area contributed by atoms with Crippen molar-refractivity contribution >= 4 is 38.9 Å². The van der Waals surface area contributed by atoms with E-state index in [1.165, 1.54) is 0 Å². The van der Waals surface area contributed by atoms with Crippen molar-refractivity contribution in [1.29, 1.82) is 0 Å². The van der Waals surface area contributed by atoms with Gasteiger partial charge in [-0.25, -0.2) is 4.98 Å². The van der Waals surface area contributed by atoms with Gasteiger partial charge in [0.2, 0.25) is 0 Å². The molecule has 1 amide bonds. The molecule has 0 saturated carbocycles. The van der Waals surface area contributed by atoms with Gasteiger partial charge in [-0.3, -0.25) is 19.4 Å². The van der Waals surface area contributed by atoms with Crippen LogP contribution >= 0.6 is 11.3 Å². The van der Waals surface area contributed by atoms with Gasteiger partial charge in [0, 0.05) is 0 Å². The molecule has 1 aliphatic heterocycles. The minimum atomic E-state index is -0.456. The van der Waals surface area contributed by atoms with Crippen molar-refractivity contribution in [1.82, 2.24) is 9.88 Å². The van der Waals surface area contributed by atoms with Gasteiger partial charge in [-0.15, -0.1) is 11.3 Å². The molecule has 0 bridgehead atoms. The molecule has 0 N–H and O–H groups in total. The van der Waals surface area contributed by atoms with E-state index in [1.54, 1.807) is 16.2 Å². The number of anilines is 1. The molecule has 0 radical (unpaired) electrons. The molecule has 0 atom stereocenters. The van der Waals surface area contributed by atoms with E-state index in [0.29, 0.717) is 30.4 Å². The monoisotopic (exact) mass is 379 g/mol. The Balaban J connectivity index is 1.54. The van der Waals surface area contributed by atoms with Crippen LogP contribution in [0.4, 0.5) is 5.69 Å². The number of hydrogen-bond acceptors (Lipinski definition) is 5. The van der Waals surface area contributed by atoms with Crippen LogP contribution in [0.1, 0.15) is 40.7 Å². The van der Waals surface area contributed by atoms with Gasteiger partial charge >= 0.3 is 5.91 Å². The van der Waals surface area contributed by atoms with Crippen LogP contribution in [0.2, 0.25) is 0 Å². The molecule has 3 aromatic rings. The first-order valence-electron chi connectivity index (χ1n) is 8.97. The van der Waals surface area contributed by atoms with Crippen LogP contribution in [-0.4, -0.2) is 35.3 Å². The highest BCUT2D eigenvalue weighted by molar-refractivity contribution is 7.18. The zero-order valence-corrected chi connectivity index (χ0v) is 16.4. The summed E-state index contributed by atoms with van der Waals surface area (Å²) < 4.78 is 1.15. The van der Waals surface area contributed by atoms with Crippen molar-refractivity contribution in [3.05, 3.63) is 58.6 Å². The molecule has 4 rings (SSSR count). The molecule has 2 aromatic carbocycles. The van der Waals surface area contributed by atoms with Crippen molar-refractivity contribution in [3.63, 3.8) is 0 Å². The predicted octanol–water partition coefficient (Wildman–Crippen LogP) is 4.04. The summed E-state index contributed by atoms with van der Waals surface area (Å²) in [5.74, 6) is -0.558. The second kappa shape index (κ2) is 6.87. The molecule has 0 aliphatic carbocycles. The first-order valence-corrected chi connectivity index (χ1v) is 9.79. The summed E-state index contributed by atoms with van der Waals surface area (Å²) in [7, 11) is 1.93. The minimum absolute atomic E-state index is 0.314. The highest BCUT2D eigenvalue weighted by Gasteiger charge is 2.36. The number of aromatic nitrogens is 1. The van der Waals surface area contributed by atoms with Crippen molar-refractivity contribution < 1.29 is 9.59 Å². The second-order valence-electron chi connectivity index (χ2n) is 7.22. The normalized spacial score (nSPS) is 14.0. The van der Waals surface area contributed by atoms with E-state index in [9.17, 15) is 9.59 Å². The summed E-state index contributed by atoms with van der Waals surface area (Å²) in [5, 5.41) is 0.993. The van der Waals surface area contributed by atoms with E-state index in [0.717, 1.165) is 20.8 Å². The van der Waals surface area contributed by atoms with Crippen LogP contribution in [0.3, 0.4) is 0 Å². The molecule has 138 valence electrons. The van der Waals surface area contributed by atoms with Crippen molar-refractivity contribution in [2.75, 3.05) is 18.6 Å². The topological polar surface area (TPSA) is 53.5 Å². The third kappa shape index (κ3) is 3.26. The Hall–Kier alpha value is -2.57. The molecule has 1 aliphatic rings. The van der Waals surface area contributed by atoms with E-state index in [-0.39, 0.29) is 0 Å². The van der Waals surface area contributed by atoms with Gasteiger partial charge < -0.3 is 0 Å². The van der Waals surface area contributed by atoms with E-state index in [2.05, 4.69) is 24.9 Å². The highest BCUT2D eigenvalue weighted by atomic mass is 32.1. The summed E-state index contributed by atoms with van der Waals surface area (Å²) >= 11 is 1.65. The van der Waals surface area contributed by atoms with Crippen LogP contribution in [0.25, 0.3) is 10.2 Å².